The van der Waals surface area contributed by atoms with Crippen LogP contribution in [0.3, 0.4) is 0 Å². The van der Waals surface area contributed by atoms with Crippen LogP contribution in [0.2, 0.25) is 0 Å². The molecule has 7 heteroatoms. The maximum absolute atomic E-state index is 12.5. The minimum absolute atomic E-state index is 0.175. The molecule has 1 aromatic heterocycles. The van der Waals surface area contributed by atoms with Crippen LogP contribution in [0, 0.1) is 0 Å². The first-order valence-corrected chi connectivity index (χ1v) is 8.48. The van der Waals surface area contributed by atoms with E-state index in [2.05, 4.69) is 0 Å². The lowest BCUT2D eigenvalue weighted by molar-refractivity contribution is -0.135. The van der Waals surface area contributed by atoms with Crippen LogP contribution in [-0.2, 0) is 21.4 Å². The smallest absolute Gasteiger partial charge is 0.241 e. The number of sulfonamides is 1. The molecule has 1 amide bonds. The third-order valence-corrected chi connectivity index (χ3v) is 4.80. The van der Waals surface area contributed by atoms with Crippen LogP contribution in [0.1, 0.15) is 25.0 Å². The maximum atomic E-state index is 12.5. The Balaban J connectivity index is 2.09. The van der Waals surface area contributed by atoms with Gasteiger partial charge in [-0.05, 0) is 25.0 Å². The molecule has 1 atom stereocenters. The van der Waals surface area contributed by atoms with Crippen LogP contribution in [0.4, 0.5) is 0 Å². The van der Waals surface area contributed by atoms with Gasteiger partial charge in [0.05, 0.1) is 19.1 Å². The minimum atomic E-state index is -3.35. The Kier molecular flexibility index (Phi) is 4.49. The Morgan fingerprint density at radius 2 is 2.25 bits per heavy atom. The fourth-order valence-electron chi connectivity index (χ4n) is 2.52. The molecular formula is C13H20N2O4S. The van der Waals surface area contributed by atoms with Gasteiger partial charge in [-0.15, -0.1) is 0 Å². The highest BCUT2D eigenvalue weighted by molar-refractivity contribution is 7.88. The van der Waals surface area contributed by atoms with Crippen LogP contribution >= 0.6 is 0 Å². The van der Waals surface area contributed by atoms with Crippen molar-refractivity contribution in [2.24, 2.45) is 0 Å². The number of rotatable bonds is 4. The maximum Gasteiger partial charge on any atom is 0.241 e. The molecule has 0 unspecified atom stereocenters. The van der Waals surface area contributed by atoms with Crippen molar-refractivity contribution < 1.29 is 17.6 Å². The number of likely N-dealkylation sites (N-methyl/N-ethyl adjacent to an activating group) is 1. The highest BCUT2D eigenvalue weighted by atomic mass is 32.2. The first-order valence-electron chi connectivity index (χ1n) is 6.64. The van der Waals surface area contributed by atoms with Crippen molar-refractivity contribution in [2.75, 3.05) is 19.8 Å². The molecule has 2 heterocycles. The summed E-state index contributed by atoms with van der Waals surface area (Å²) in [6.07, 6.45) is 4.96. The third kappa shape index (κ3) is 3.40. The molecular weight excluding hydrogens is 280 g/mol. The first-order chi connectivity index (χ1) is 9.39. The van der Waals surface area contributed by atoms with E-state index in [-0.39, 0.29) is 5.91 Å². The second-order valence-electron chi connectivity index (χ2n) is 5.16. The van der Waals surface area contributed by atoms with Crippen molar-refractivity contribution in [3.05, 3.63) is 24.2 Å². The number of carbonyl (C=O) groups excluding carboxylic acids is 1. The third-order valence-electron chi connectivity index (χ3n) is 3.51. The zero-order valence-electron chi connectivity index (χ0n) is 11.8. The normalized spacial score (nSPS) is 20.8. The monoisotopic (exact) mass is 300 g/mol. The van der Waals surface area contributed by atoms with Crippen molar-refractivity contribution in [1.29, 1.82) is 0 Å². The van der Waals surface area contributed by atoms with Gasteiger partial charge in [0.25, 0.3) is 0 Å². The predicted molar refractivity (Wildman–Crippen MR) is 74.4 cm³/mol. The molecule has 0 bridgehead atoms. The summed E-state index contributed by atoms with van der Waals surface area (Å²) in [6.45, 7) is 0.768. The molecule has 1 aliphatic rings. The van der Waals surface area contributed by atoms with Crippen molar-refractivity contribution in [2.45, 2.75) is 31.8 Å². The lowest BCUT2D eigenvalue weighted by Crippen LogP contribution is -2.51. The average molecular weight is 300 g/mol. The molecule has 0 aromatic carbocycles. The zero-order valence-corrected chi connectivity index (χ0v) is 12.6. The van der Waals surface area contributed by atoms with Gasteiger partial charge in [0, 0.05) is 13.6 Å². The van der Waals surface area contributed by atoms with E-state index in [4.69, 9.17) is 4.42 Å². The average Bonchev–Trinajstić information content (AvgIpc) is 2.89. The highest BCUT2D eigenvalue weighted by Crippen LogP contribution is 2.22. The fraction of sp³-hybridized carbons (Fsp3) is 0.615. The van der Waals surface area contributed by atoms with Gasteiger partial charge in [-0.25, -0.2) is 8.42 Å². The van der Waals surface area contributed by atoms with E-state index in [9.17, 15) is 13.2 Å². The number of nitrogens with zero attached hydrogens (tertiary/aromatic N) is 2. The molecule has 0 saturated carbocycles. The summed E-state index contributed by atoms with van der Waals surface area (Å²) in [6, 6.07) is 2.97. The highest BCUT2D eigenvalue weighted by Gasteiger charge is 2.35. The number of amides is 1. The van der Waals surface area contributed by atoms with Crippen LogP contribution in [-0.4, -0.2) is 49.4 Å². The van der Waals surface area contributed by atoms with Gasteiger partial charge in [0.2, 0.25) is 15.9 Å². The Morgan fingerprint density at radius 1 is 1.50 bits per heavy atom. The van der Waals surface area contributed by atoms with E-state index >= 15 is 0 Å². The lowest BCUT2D eigenvalue weighted by Gasteiger charge is -2.34. The van der Waals surface area contributed by atoms with E-state index in [1.54, 1.807) is 25.4 Å². The largest absolute Gasteiger partial charge is 0.467 e. The van der Waals surface area contributed by atoms with Crippen molar-refractivity contribution in [1.82, 2.24) is 9.21 Å². The van der Waals surface area contributed by atoms with Crippen LogP contribution in [0.5, 0.6) is 0 Å². The standard InChI is InChI=1S/C13H20N2O4S/c1-14(10-11-6-5-9-19-11)13(16)12-7-3-4-8-15(12)20(2,17)18/h5-6,9,12H,3-4,7-8,10H2,1-2H3/t12-/m0/s1. The Morgan fingerprint density at radius 3 is 2.85 bits per heavy atom. The SMILES string of the molecule is CN(Cc1ccco1)C(=O)[C@@H]1CCCCN1S(C)(=O)=O. The summed E-state index contributed by atoms with van der Waals surface area (Å²) >= 11 is 0. The van der Waals surface area contributed by atoms with Gasteiger partial charge >= 0.3 is 0 Å². The molecule has 20 heavy (non-hydrogen) atoms. The topological polar surface area (TPSA) is 70.8 Å². The molecule has 2 rings (SSSR count). The van der Waals surface area contributed by atoms with Gasteiger partial charge < -0.3 is 9.32 Å². The Labute approximate surface area is 119 Å². The molecule has 6 nitrogen and oxygen atoms in total. The Hall–Kier alpha value is -1.34. The van der Waals surface area contributed by atoms with Gasteiger partial charge in [0.1, 0.15) is 11.8 Å². The summed E-state index contributed by atoms with van der Waals surface area (Å²) in [5.74, 6) is 0.508. The summed E-state index contributed by atoms with van der Waals surface area (Å²) in [7, 11) is -1.69. The molecule has 1 aromatic rings. The molecule has 1 aliphatic heterocycles. The van der Waals surface area contributed by atoms with Gasteiger partial charge in [-0.3, -0.25) is 4.79 Å². The van der Waals surface area contributed by atoms with Crippen molar-refractivity contribution in [3.8, 4) is 0 Å². The second-order valence-corrected chi connectivity index (χ2v) is 7.09. The molecule has 112 valence electrons. The number of piperidine rings is 1. The summed E-state index contributed by atoms with van der Waals surface area (Å²) in [5.41, 5.74) is 0. The first kappa shape index (κ1) is 15.1. The predicted octanol–water partition coefficient (Wildman–Crippen LogP) is 1.05. The minimum Gasteiger partial charge on any atom is -0.467 e. The molecule has 0 N–H and O–H groups in total. The zero-order chi connectivity index (χ0) is 14.8. The van der Waals surface area contributed by atoms with Gasteiger partial charge in [-0.1, -0.05) is 6.42 Å². The van der Waals surface area contributed by atoms with E-state index < -0.39 is 16.1 Å². The quantitative estimate of drug-likeness (QED) is 0.833. The van der Waals surface area contributed by atoms with E-state index in [1.165, 1.54) is 9.21 Å². The molecule has 1 saturated heterocycles. The Bertz CT molecular complexity index is 553. The molecule has 0 aliphatic carbocycles. The summed E-state index contributed by atoms with van der Waals surface area (Å²) in [5, 5.41) is 0. The number of furan rings is 1. The van der Waals surface area contributed by atoms with Crippen LogP contribution in [0.25, 0.3) is 0 Å². The summed E-state index contributed by atoms with van der Waals surface area (Å²) < 4.78 is 30.1. The number of hydrogen-bond donors (Lipinski definition) is 0. The molecule has 0 radical (unpaired) electrons. The van der Waals surface area contributed by atoms with E-state index in [0.717, 1.165) is 19.1 Å². The molecule has 0 spiro atoms. The second kappa shape index (κ2) is 5.97. The van der Waals surface area contributed by atoms with Crippen LogP contribution in [0.15, 0.2) is 22.8 Å². The van der Waals surface area contributed by atoms with Gasteiger partial charge in [0.15, 0.2) is 0 Å². The van der Waals surface area contributed by atoms with E-state index in [0.29, 0.717) is 25.3 Å². The van der Waals surface area contributed by atoms with E-state index in [1.807, 2.05) is 0 Å². The van der Waals surface area contributed by atoms with Crippen LogP contribution < -0.4 is 0 Å². The molecule has 1 fully saturated rings. The number of hydrogen-bond acceptors (Lipinski definition) is 4. The van der Waals surface area contributed by atoms with Crippen molar-refractivity contribution >= 4 is 15.9 Å². The lowest BCUT2D eigenvalue weighted by atomic mass is 10.0. The fourth-order valence-corrected chi connectivity index (χ4v) is 3.64. The van der Waals surface area contributed by atoms with Gasteiger partial charge in [-0.2, -0.15) is 4.31 Å². The van der Waals surface area contributed by atoms with Crippen molar-refractivity contribution in [3.63, 3.8) is 0 Å². The summed E-state index contributed by atoms with van der Waals surface area (Å²) in [4.78, 5) is 14.0. The number of carbonyl (C=O) groups is 1.